The van der Waals surface area contributed by atoms with Gasteiger partial charge in [0.15, 0.2) is 0 Å². The first-order valence-electron chi connectivity index (χ1n) is 4.98. The summed E-state index contributed by atoms with van der Waals surface area (Å²) in [4.78, 5) is 8.00. The second kappa shape index (κ2) is 3.29. The first-order chi connectivity index (χ1) is 7.72. The van der Waals surface area contributed by atoms with Gasteiger partial charge in [-0.1, -0.05) is 11.6 Å². The van der Waals surface area contributed by atoms with Crippen molar-refractivity contribution in [3.05, 3.63) is 17.5 Å². The van der Waals surface area contributed by atoms with Gasteiger partial charge in [0.1, 0.15) is 17.3 Å². The van der Waals surface area contributed by atoms with Crippen LogP contribution in [0, 0.1) is 0 Å². The molecule has 0 saturated heterocycles. The average Bonchev–Trinajstić information content (AvgIpc) is 2.87. The van der Waals surface area contributed by atoms with Crippen molar-refractivity contribution >= 4 is 23.2 Å². The number of fused-ring (bicyclic) bond motifs is 1. The van der Waals surface area contributed by atoms with Gasteiger partial charge in [0.05, 0.1) is 12.1 Å². The van der Waals surface area contributed by atoms with Gasteiger partial charge in [-0.3, -0.25) is 0 Å². The van der Waals surface area contributed by atoms with Crippen LogP contribution in [0.5, 0.6) is 0 Å². The Balaban J connectivity index is 2.05. The fraction of sp³-hybridized carbons (Fsp3) is 0.444. The summed E-state index contributed by atoms with van der Waals surface area (Å²) in [7, 11) is 0. The summed E-state index contributed by atoms with van der Waals surface area (Å²) < 4.78 is 1.57. The molecule has 0 aliphatic heterocycles. The molecule has 3 rings (SSSR count). The largest absolute Gasteiger partial charge is 0.394 e. The minimum Gasteiger partial charge on any atom is -0.394 e. The van der Waals surface area contributed by atoms with Crippen molar-refractivity contribution < 1.29 is 5.11 Å². The summed E-state index contributed by atoms with van der Waals surface area (Å²) in [6.45, 7) is 0.100. The van der Waals surface area contributed by atoms with Gasteiger partial charge >= 0.3 is 0 Å². The fourth-order valence-corrected chi connectivity index (χ4v) is 1.80. The van der Waals surface area contributed by atoms with Crippen molar-refractivity contribution in [3.8, 4) is 0 Å². The third kappa shape index (κ3) is 1.50. The van der Waals surface area contributed by atoms with Crippen LogP contribution in [-0.4, -0.2) is 36.8 Å². The van der Waals surface area contributed by atoms with Gasteiger partial charge in [-0.15, -0.1) is 0 Å². The van der Waals surface area contributed by atoms with Crippen molar-refractivity contribution in [1.82, 2.24) is 19.6 Å². The molecule has 2 heterocycles. The highest BCUT2D eigenvalue weighted by Gasteiger charge is 2.42. The first-order valence-corrected chi connectivity index (χ1v) is 5.36. The molecule has 16 heavy (non-hydrogen) atoms. The van der Waals surface area contributed by atoms with E-state index < -0.39 is 0 Å². The van der Waals surface area contributed by atoms with Crippen molar-refractivity contribution in [2.75, 3.05) is 11.9 Å². The summed E-state index contributed by atoms with van der Waals surface area (Å²) in [5.74, 6) is 1.16. The van der Waals surface area contributed by atoms with E-state index in [1.54, 1.807) is 10.6 Å². The van der Waals surface area contributed by atoms with E-state index in [-0.39, 0.29) is 12.1 Å². The molecule has 0 spiro atoms. The van der Waals surface area contributed by atoms with Gasteiger partial charge in [0, 0.05) is 6.07 Å². The quantitative estimate of drug-likeness (QED) is 0.772. The average molecular weight is 240 g/mol. The molecule has 84 valence electrons. The maximum atomic E-state index is 9.25. The van der Waals surface area contributed by atoms with Crippen LogP contribution >= 0.6 is 11.6 Å². The molecule has 1 saturated carbocycles. The number of hydrogen-bond acceptors (Lipinski definition) is 5. The number of anilines is 1. The second-order valence-corrected chi connectivity index (χ2v) is 4.39. The van der Waals surface area contributed by atoms with Crippen LogP contribution < -0.4 is 5.32 Å². The van der Waals surface area contributed by atoms with E-state index in [1.807, 2.05) is 0 Å². The van der Waals surface area contributed by atoms with Gasteiger partial charge in [-0.05, 0) is 12.8 Å². The Morgan fingerprint density at radius 3 is 3.06 bits per heavy atom. The Morgan fingerprint density at radius 2 is 2.38 bits per heavy atom. The summed E-state index contributed by atoms with van der Waals surface area (Å²) >= 11 is 5.88. The summed E-state index contributed by atoms with van der Waals surface area (Å²) in [5, 5.41) is 16.9. The summed E-state index contributed by atoms with van der Waals surface area (Å²) in [6, 6.07) is 1.68. The van der Waals surface area contributed by atoms with Crippen LogP contribution in [0.25, 0.3) is 5.78 Å². The van der Waals surface area contributed by atoms with Crippen LogP contribution in [0.4, 0.5) is 5.82 Å². The van der Waals surface area contributed by atoms with E-state index in [9.17, 15) is 5.11 Å². The van der Waals surface area contributed by atoms with Crippen molar-refractivity contribution in [3.63, 3.8) is 0 Å². The fourth-order valence-electron chi connectivity index (χ4n) is 1.62. The number of aliphatic hydroxyl groups excluding tert-OH is 1. The van der Waals surface area contributed by atoms with E-state index in [2.05, 4.69) is 20.4 Å². The lowest BCUT2D eigenvalue weighted by atomic mass is 10.3. The van der Waals surface area contributed by atoms with Crippen molar-refractivity contribution in [1.29, 1.82) is 0 Å². The number of rotatable bonds is 3. The summed E-state index contributed by atoms with van der Waals surface area (Å²) in [6.07, 6.45) is 3.31. The van der Waals surface area contributed by atoms with E-state index in [0.29, 0.717) is 16.7 Å². The Morgan fingerprint density at radius 1 is 1.56 bits per heavy atom. The Hall–Kier alpha value is -1.40. The molecule has 0 unspecified atom stereocenters. The van der Waals surface area contributed by atoms with Crippen LogP contribution in [-0.2, 0) is 0 Å². The molecule has 0 radical (unpaired) electrons. The SMILES string of the molecule is OCC1(Nc2cc(Cl)nc3ncnn23)CC1. The van der Waals surface area contributed by atoms with Gasteiger partial charge in [-0.25, -0.2) is 0 Å². The number of aliphatic hydroxyl groups is 1. The molecule has 0 atom stereocenters. The predicted octanol–water partition coefficient (Wildman–Crippen LogP) is 0.715. The molecule has 6 nitrogen and oxygen atoms in total. The zero-order valence-corrected chi connectivity index (χ0v) is 9.15. The van der Waals surface area contributed by atoms with Gasteiger partial charge < -0.3 is 10.4 Å². The topological polar surface area (TPSA) is 75.3 Å². The molecule has 2 aromatic rings. The smallest absolute Gasteiger partial charge is 0.255 e. The number of nitrogens with one attached hydrogen (secondary N) is 1. The molecule has 0 aromatic carbocycles. The lowest BCUT2D eigenvalue weighted by molar-refractivity contribution is 0.266. The molecule has 0 bridgehead atoms. The Bertz CT molecular complexity index is 536. The van der Waals surface area contributed by atoms with Crippen LogP contribution in [0.1, 0.15) is 12.8 Å². The van der Waals surface area contributed by atoms with E-state index in [1.165, 1.54) is 6.33 Å². The standard InChI is InChI=1S/C9H10ClN5O/c10-6-3-7(14-9(4-16)1-2-9)15-8(13-6)11-5-12-15/h3,5,14,16H,1-2,4H2. The molecule has 7 heteroatoms. The van der Waals surface area contributed by atoms with Crippen molar-refractivity contribution in [2.45, 2.75) is 18.4 Å². The van der Waals surface area contributed by atoms with Crippen LogP contribution in [0.15, 0.2) is 12.4 Å². The lowest BCUT2D eigenvalue weighted by Crippen LogP contribution is -2.27. The molecule has 2 N–H and O–H groups in total. The van der Waals surface area contributed by atoms with Crippen molar-refractivity contribution in [2.24, 2.45) is 0 Å². The maximum Gasteiger partial charge on any atom is 0.255 e. The first kappa shape index (κ1) is 9.80. The minimum atomic E-state index is -0.219. The Kier molecular flexibility index (Phi) is 2.02. The lowest BCUT2D eigenvalue weighted by Gasteiger charge is -2.16. The zero-order valence-electron chi connectivity index (χ0n) is 8.39. The molecule has 1 aliphatic rings. The number of hydrogen-bond donors (Lipinski definition) is 2. The maximum absolute atomic E-state index is 9.25. The van der Waals surface area contributed by atoms with Crippen LogP contribution in [0.2, 0.25) is 5.15 Å². The number of nitrogens with zero attached hydrogens (tertiary/aromatic N) is 4. The number of aromatic nitrogens is 4. The van der Waals surface area contributed by atoms with Gasteiger partial charge in [0.2, 0.25) is 0 Å². The molecular weight excluding hydrogens is 230 g/mol. The zero-order chi connectivity index (χ0) is 11.2. The van der Waals surface area contributed by atoms with Crippen LogP contribution in [0.3, 0.4) is 0 Å². The number of halogens is 1. The van der Waals surface area contributed by atoms with Gasteiger partial charge in [0.25, 0.3) is 5.78 Å². The minimum absolute atomic E-state index is 0.100. The second-order valence-electron chi connectivity index (χ2n) is 4.00. The molecule has 1 fully saturated rings. The molecular formula is C9H10ClN5O. The van der Waals surface area contributed by atoms with Gasteiger partial charge in [-0.2, -0.15) is 19.6 Å². The van der Waals surface area contributed by atoms with E-state index in [4.69, 9.17) is 11.6 Å². The van der Waals surface area contributed by atoms with E-state index in [0.717, 1.165) is 12.8 Å². The monoisotopic (exact) mass is 239 g/mol. The highest BCUT2D eigenvalue weighted by atomic mass is 35.5. The molecule has 0 amide bonds. The molecule has 1 aliphatic carbocycles. The normalized spacial score (nSPS) is 17.6. The summed E-state index contributed by atoms with van der Waals surface area (Å²) in [5.41, 5.74) is -0.219. The third-order valence-corrected chi connectivity index (χ3v) is 2.96. The highest BCUT2D eigenvalue weighted by Crippen LogP contribution is 2.38. The predicted molar refractivity (Wildman–Crippen MR) is 58.5 cm³/mol. The van der Waals surface area contributed by atoms with E-state index >= 15 is 0 Å². The molecule has 2 aromatic heterocycles. The Labute approximate surface area is 96.3 Å². The highest BCUT2D eigenvalue weighted by molar-refractivity contribution is 6.29. The third-order valence-electron chi connectivity index (χ3n) is 2.77.